The summed E-state index contributed by atoms with van der Waals surface area (Å²) < 4.78 is 5.31. The second kappa shape index (κ2) is 8.07. The van der Waals surface area contributed by atoms with Crippen LogP contribution in [0.15, 0.2) is 28.8 Å². The Hall–Kier alpha value is -2.93. The molecule has 4 rings (SSSR count). The Morgan fingerprint density at radius 1 is 1.17 bits per heavy atom. The van der Waals surface area contributed by atoms with Crippen LogP contribution in [0.1, 0.15) is 64.7 Å². The summed E-state index contributed by atoms with van der Waals surface area (Å²) in [6.45, 7) is 7.18. The number of carbonyl (C=O) groups is 2. The number of carbonyl (C=O) groups excluding carboxylic acids is 2. The van der Waals surface area contributed by atoms with Crippen molar-refractivity contribution >= 4 is 40.2 Å². The lowest BCUT2D eigenvalue weighted by atomic mass is 10.0. The Labute approximate surface area is 179 Å². The number of rotatable bonds is 4. The van der Waals surface area contributed by atoms with Gasteiger partial charge in [-0.1, -0.05) is 30.6 Å². The van der Waals surface area contributed by atoms with Crippen molar-refractivity contribution in [3.8, 4) is 0 Å². The SMILES string of the molecule is Cc1noc2nc(C(C)C)cc(C(=O)Nc3cc(Cl)ccc3C(=O)N3CCCC3)c12. The molecule has 0 saturated carbocycles. The predicted octanol–water partition coefficient (Wildman–Crippen LogP) is 4.80. The summed E-state index contributed by atoms with van der Waals surface area (Å²) in [5.41, 5.74) is 2.84. The first kappa shape index (κ1) is 20.3. The zero-order valence-corrected chi connectivity index (χ0v) is 17.9. The van der Waals surface area contributed by atoms with Crippen LogP contribution in [0, 0.1) is 6.92 Å². The summed E-state index contributed by atoms with van der Waals surface area (Å²) in [6.07, 6.45) is 1.97. The van der Waals surface area contributed by atoms with E-state index in [1.54, 1.807) is 36.1 Å². The third kappa shape index (κ3) is 3.77. The molecule has 0 bridgehead atoms. The number of hydrogen-bond donors (Lipinski definition) is 1. The van der Waals surface area contributed by atoms with Gasteiger partial charge in [-0.05, 0) is 49.9 Å². The number of halogens is 1. The first-order chi connectivity index (χ1) is 14.3. The molecule has 0 spiro atoms. The Balaban J connectivity index is 1.73. The second-order valence-corrected chi connectivity index (χ2v) is 8.28. The Morgan fingerprint density at radius 3 is 2.60 bits per heavy atom. The van der Waals surface area contributed by atoms with Crippen LogP contribution in [0.25, 0.3) is 11.1 Å². The van der Waals surface area contributed by atoms with Crippen LogP contribution in [0.2, 0.25) is 5.02 Å². The van der Waals surface area contributed by atoms with Gasteiger partial charge < -0.3 is 14.7 Å². The number of nitrogens with zero attached hydrogens (tertiary/aromatic N) is 3. The molecule has 3 heterocycles. The number of pyridine rings is 1. The minimum atomic E-state index is -0.367. The van der Waals surface area contributed by atoms with Crippen LogP contribution in [0.4, 0.5) is 5.69 Å². The second-order valence-electron chi connectivity index (χ2n) is 7.84. The van der Waals surface area contributed by atoms with Crippen LogP contribution >= 0.6 is 11.6 Å². The number of nitrogens with one attached hydrogen (secondary N) is 1. The summed E-state index contributed by atoms with van der Waals surface area (Å²) in [5, 5.41) is 7.84. The predicted molar refractivity (Wildman–Crippen MR) is 115 cm³/mol. The molecule has 1 saturated heterocycles. The van der Waals surface area contributed by atoms with Gasteiger partial charge in [-0.3, -0.25) is 9.59 Å². The molecule has 2 amide bonds. The summed E-state index contributed by atoms with van der Waals surface area (Å²) in [6, 6.07) is 6.67. The highest BCUT2D eigenvalue weighted by atomic mass is 35.5. The highest BCUT2D eigenvalue weighted by Gasteiger charge is 2.25. The molecule has 1 aliphatic rings. The van der Waals surface area contributed by atoms with E-state index in [1.807, 2.05) is 13.8 Å². The maximum absolute atomic E-state index is 13.3. The van der Waals surface area contributed by atoms with E-state index in [0.717, 1.165) is 31.6 Å². The van der Waals surface area contributed by atoms with Crippen molar-refractivity contribution in [3.05, 3.63) is 51.8 Å². The molecule has 0 unspecified atom stereocenters. The number of hydrogen-bond acceptors (Lipinski definition) is 5. The van der Waals surface area contributed by atoms with Gasteiger partial charge in [0, 0.05) is 23.8 Å². The normalized spacial score (nSPS) is 14.0. The van der Waals surface area contributed by atoms with Crippen LogP contribution < -0.4 is 5.32 Å². The molecular formula is C22H23ClN4O3. The third-order valence-corrected chi connectivity index (χ3v) is 5.56. The van der Waals surface area contributed by atoms with Crippen molar-refractivity contribution < 1.29 is 14.1 Å². The van der Waals surface area contributed by atoms with Gasteiger partial charge in [0.25, 0.3) is 17.5 Å². The van der Waals surface area contributed by atoms with Gasteiger partial charge in [-0.15, -0.1) is 0 Å². The fraction of sp³-hybridized carbons (Fsp3) is 0.364. The van der Waals surface area contributed by atoms with Crippen LogP contribution in [0.3, 0.4) is 0 Å². The lowest BCUT2D eigenvalue weighted by Crippen LogP contribution is -2.29. The minimum Gasteiger partial charge on any atom is -0.339 e. The Bertz CT molecular complexity index is 1130. The van der Waals surface area contributed by atoms with E-state index in [9.17, 15) is 9.59 Å². The molecule has 1 N–H and O–H groups in total. The number of benzene rings is 1. The maximum Gasteiger partial charge on any atom is 0.259 e. The first-order valence-electron chi connectivity index (χ1n) is 10.0. The topological polar surface area (TPSA) is 88.3 Å². The average Bonchev–Trinajstić information content (AvgIpc) is 3.37. The lowest BCUT2D eigenvalue weighted by molar-refractivity contribution is 0.0794. The van der Waals surface area contributed by atoms with Crippen LogP contribution in [-0.4, -0.2) is 39.9 Å². The van der Waals surface area contributed by atoms with E-state index in [0.29, 0.717) is 38.6 Å². The van der Waals surface area contributed by atoms with Gasteiger partial charge in [0.15, 0.2) is 0 Å². The number of fused-ring (bicyclic) bond motifs is 1. The van der Waals surface area contributed by atoms with E-state index in [4.69, 9.17) is 16.1 Å². The molecule has 0 radical (unpaired) electrons. The monoisotopic (exact) mass is 426 g/mol. The quantitative estimate of drug-likeness (QED) is 0.647. The zero-order valence-electron chi connectivity index (χ0n) is 17.2. The molecule has 1 aromatic carbocycles. The zero-order chi connectivity index (χ0) is 21.4. The van der Waals surface area contributed by atoms with E-state index in [-0.39, 0.29) is 17.7 Å². The molecule has 2 aromatic heterocycles. The molecule has 0 atom stereocenters. The van der Waals surface area contributed by atoms with Gasteiger partial charge in [-0.25, -0.2) is 4.98 Å². The third-order valence-electron chi connectivity index (χ3n) is 5.33. The van der Waals surface area contributed by atoms with E-state index >= 15 is 0 Å². The summed E-state index contributed by atoms with van der Waals surface area (Å²) >= 11 is 6.17. The maximum atomic E-state index is 13.3. The molecule has 8 heteroatoms. The van der Waals surface area contributed by atoms with Gasteiger partial charge in [0.1, 0.15) is 0 Å². The highest BCUT2D eigenvalue weighted by molar-refractivity contribution is 6.31. The molecular weight excluding hydrogens is 404 g/mol. The highest BCUT2D eigenvalue weighted by Crippen LogP contribution is 2.28. The molecule has 156 valence electrons. The lowest BCUT2D eigenvalue weighted by Gasteiger charge is -2.18. The number of amides is 2. The summed E-state index contributed by atoms with van der Waals surface area (Å²) in [7, 11) is 0. The minimum absolute atomic E-state index is 0.102. The molecule has 30 heavy (non-hydrogen) atoms. The fourth-order valence-corrected chi connectivity index (χ4v) is 3.85. The van der Waals surface area contributed by atoms with Crippen LogP contribution in [0.5, 0.6) is 0 Å². The standard InChI is InChI=1S/C22H23ClN4O3/c1-12(2)17-11-16(19-13(3)26-30-21(19)25-17)20(28)24-18-10-14(23)6-7-15(18)22(29)27-8-4-5-9-27/h6-7,10-12H,4-5,8-9H2,1-3H3,(H,24,28). The molecule has 7 nitrogen and oxygen atoms in total. The van der Waals surface area contributed by atoms with E-state index < -0.39 is 0 Å². The number of aromatic nitrogens is 2. The van der Waals surface area contributed by atoms with Crippen LogP contribution in [-0.2, 0) is 0 Å². The summed E-state index contributed by atoms with van der Waals surface area (Å²) in [4.78, 5) is 32.5. The van der Waals surface area contributed by atoms with Gasteiger partial charge in [0.2, 0.25) is 0 Å². The number of aryl methyl sites for hydroxylation is 1. The smallest absolute Gasteiger partial charge is 0.259 e. The van der Waals surface area contributed by atoms with Gasteiger partial charge in [-0.2, -0.15) is 0 Å². The number of likely N-dealkylation sites (tertiary alicyclic amines) is 1. The fourth-order valence-electron chi connectivity index (χ4n) is 3.68. The Kier molecular flexibility index (Phi) is 5.47. The average molecular weight is 427 g/mol. The van der Waals surface area contributed by atoms with Gasteiger partial charge >= 0.3 is 0 Å². The first-order valence-corrected chi connectivity index (χ1v) is 10.4. The van der Waals surface area contributed by atoms with E-state index in [1.165, 1.54) is 0 Å². The van der Waals surface area contributed by atoms with Crippen molar-refractivity contribution in [1.29, 1.82) is 0 Å². The molecule has 1 aliphatic heterocycles. The Morgan fingerprint density at radius 2 is 1.90 bits per heavy atom. The van der Waals surface area contributed by atoms with Crippen molar-refractivity contribution in [2.24, 2.45) is 0 Å². The summed E-state index contributed by atoms with van der Waals surface area (Å²) in [5.74, 6) is -0.374. The van der Waals surface area contributed by atoms with Crippen molar-refractivity contribution in [1.82, 2.24) is 15.0 Å². The van der Waals surface area contributed by atoms with Crippen molar-refractivity contribution in [2.75, 3.05) is 18.4 Å². The molecule has 1 fully saturated rings. The number of anilines is 1. The largest absolute Gasteiger partial charge is 0.339 e. The van der Waals surface area contributed by atoms with E-state index in [2.05, 4.69) is 15.5 Å². The molecule has 3 aromatic rings. The van der Waals surface area contributed by atoms with Crippen molar-refractivity contribution in [2.45, 2.75) is 39.5 Å². The van der Waals surface area contributed by atoms with Crippen molar-refractivity contribution in [3.63, 3.8) is 0 Å². The van der Waals surface area contributed by atoms with Gasteiger partial charge in [0.05, 0.1) is 27.9 Å². The molecule has 0 aliphatic carbocycles.